The monoisotopic (exact) mass is 415 g/mol. The van der Waals surface area contributed by atoms with Gasteiger partial charge < -0.3 is 14.4 Å². The molecule has 0 unspecified atom stereocenters. The second-order valence-corrected chi connectivity index (χ2v) is 7.90. The number of aromatic nitrogens is 3. The minimum atomic E-state index is -0.675. The summed E-state index contributed by atoms with van der Waals surface area (Å²) in [4.78, 5) is 26.0. The largest absolute Gasteiger partial charge is 0.457 e. The van der Waals surface area contributed by atoms with Gasteiger partial charge >= 0.3 is 12.1 Å². The number of hydrogen-bond acceptors (Lipinski definition) is 7. The molecule has 1 aromatic carbocycles. The van der Waals surface area contributed by atoms with E-state index >= 15 is 0 Å². The molecule has 0 spiro atoms. The second kappa shape index (κ2) is 8.49. The number of likely N-dealkylation sites (tertiary alicyclic amines) is 1. The second-order valence-electron chi connectivity index (χ2n) is 7.90. The number of rotatable bonds is 3. The maximum atomic E-state index is 14.1. The quantitative estimate of drug-likeness (QED) is 0.709. The fourth-order valence-corrected chi connectivity index (χ4v) is 2.93. The van der Waals surface area contributed by atoms with Gasteiger partial charge in [-0.25, -0.2) is 18.7 Å². The summed E-state index contributed by atoms with van der Waals surface area (Å²) in [5.41, 5.74) is -0.394. The Balaban J connectivity index is 1.57. The van der Waals surface area contributed by atoms with Crippen molar-refractivity contribution in [2.75, 3.05) is 13.1 Å². The Kier molecular flexibility index (Phi) is 6.01. The summed E-state index contributed by atoms with van der Waals surface area (Å²) in [6, 6.07) is 5.74. The molecular weight excluding hydrogens is 393 g/mol. The lowest BCUT2D eigenvalue weighted by molar-refractivity contribution is -0.00371. The predicted molar refractivity (Wildman–Crippen MR) is 102 cm³/mol. The first kappa shape index (κ1) is 21.2. The maximum absolute atomic E-state index is 14.1. The SMILES string of the molecule is CC(C)(C)OC(=O)N1CCC(OC(=O)c2cn(-c3ccc(C#N)cc3F)nn2)CC1. The normalized spacial score (nSPS) is 14.8. The van der Waals surface area contributed by atoms with Crippen molar-refractivity contribution in [1.82, 2.24) is 19.9 Å². The molecule has 0 saturated carbocycles. The molecule has 1 amide bonds. The molecule has 10 heteroatoms. The van der Waals surface area contributed by atoms with E-state index in [1.807, 2.05) is 6.07 Å². The lowest BCUT2D eigenvalue weighted by Crippen LogP contribution is -2.43. The van der Waals surface area contributed by atoms with Crippen LogP contribution in [0.1, 0.15) is 49.7 Å². The van der Waals surface area contributed by atoms with Crippen molar-refractivity contribution in [1.29, 1.82) is 5.26 Å². The van der Waals surface area contributed by atoms with Crippen LogP contribution in [0, 0.1) is 17.1 Å². The molecule has 1 aromatic heterocycles. The van der Waals surface area contributed by atoms with Crippen LogP contribution in [0.25, 0.3) is 5.69 Å². The molecule has 1 fully saturated rings. The van der Waals surface area contributed by atoms with E-state index < -0.39 is 17.4 Å². The van der Waals surface area contributed by atoms with Crippen LogP contribution in [0.5, 0.6) is 0 Å². The summed E-state index contributed by atoms with van der Waals surface area (Å²) in [5.74, 6) is -1.33. The summed E-state index contributed by atoms with van der Waals surface area (Å²) in [6.07, 6.45) is 1.46. The molecule has 0 atom stereocenters. The number of halogens is 1. The summed E-state index contributed by atoms with van der Waals surface area (Å²) in [6.45, 7) is 6.23. The Morgan fingerprint density at radius 3 is 2.57 bits per heavy atom. The molecule has 30 heavy (non-hydrogen) atoms. The summed E-state index contributed by atoms with van der Waals surface area (Å²) < 4.78 is 26.0. The van der Waals surface area contributed by atoms with E-state index in [4.69, 9.17) is 14.7 Å². The van der Waals surface area contributed by atoms with Gasteiger partial charge in [-0.3, -0.25) is 0 Å². The van der Waals surface area contributed by atoms with Gasteiger partial charge in [-0.1, -0.05) is 5.21 Å². The van der Waals surface area contributed by atoms with Crippen molar-refractivity contribution in [3.05, 3.63) is 41.5 Å². The van der Waals surface area contributed by atoms with Crippen LogP contribution >= 0.6 is 0 Å². The van der Waals surface area contributed by atoms with E-state index in [1.54, 1.807) is 25.7 Å². The fourth-order valence-electron chi connectivity index (χ4n) is 2.93. The third-order valence-corrected chi connectivity index (χ3v) is 4.39. The lowest BCUT2D eigenvalue weighted by atomic mass is 10.1. The van der Waals surface area contributed by atoms with Crippen LogP contribution in [-0.2, 0) is 9.47 Å². The zero-order valence-electron chi connectivity index (χ0n) is 17.0. The molecule has 0 N–H and O–H groups in total. The number of esters is 1. The summed E-state index contributed by atoms with van der Waals surface area (Å²) in [5, 5.41) is 16.3. The van der Waals surface area contributed by atoms with Crippen molar-refractivity contribution in [3.8, 4) is 11.8 Å². The van der Waals surface area contributed by atoms with Crippen molar-refractivity contribution >= 4 is 12.1 Å². The molecule has 0 aliphatic carbocycles. The number of nitriles is 1. The fraction of sp³-hybridized carbons (Fsp3) is 0.450. The van der Waals surface area contributed by atoms with Crippen LogP contribution in [0.2, 0.25) is 0 Å². The van der Waals surface area contributed by atoms with Crippen molar-refractivity contribution in [3.63, 3.8) is 0 Å². The Morgan fingerprint density at radius 2 is 1.97 bits per heavy atom. The third-order valence-electron chi connectivity index (χ3n) is 4.39. The van der Waals surface area contributed by atoms with Crippen LogP contribution < -0.4 is 0 Å². The number of piperidine rings is 1. The molecule has 158 valence electrons. The highest BCUT2D eigenvalue weighted by molar-refractivity contribution is 5.87. The number of ether oxygens (including phenoxy) is 2. The molecule has 3 rings (SSSR count). The van der Waals surface area contributed by atoms with E-state index in [1.165, 1.54) is 18.3 Å². The van der Waals surface area contributed by atoms with Crippen molar-refractivity contribution in [2.45, 2.75) is 45.3 Å². The van der Waals surface area contributed by atoms with E-state index in [2.05, 4.69) is 10.3 Å². The lowest BCUT2D eigenvalue weighted by Gasteiger charge is -2.33. The highest BCUT2D eigenvalue weighted by atomic mass is 19.1. The molecular formula is C20H22FN5O4. The van der Waals surface area contributed by atoms with Crippen molar-refractivity contribution < 1.29 is 23.5 Å². The summed E-state index contributed by atoms with van der Waals surface area (Å²) >= 11 is 0. The zero-order valence-corrected chi connectivity index (χ0v) is 17.0. The number of hydrogen-bond donors (Lipinski definition) is 0. The molecule has 1 aliphatic heterocycles. The van der Waals surface area contributed by atoms with Gasteiger partial charge in [-0.05, 0) is 39.0 Å². The van der Waals surface area contributed by atoms with Crippen LogP contribution in [-0.4, -0.2) is 56.8 Å². The Bertz CT molecular complexity index is 984. The molecule has 2 heterocycles. The standard InChI is InChI=1S/C20H22FN5O4/c1-20(2,3)30-19(28)25-8-6-14(7-9-25)29-18(27)16-12-26(24-23-16)17-5-4-13(11-22)10-15(17)21/h4-5,10,12,14H,6-9H2,1-3H3. The number of amides is 1. The molecule has 1 saturated heterocycles. The van der Waals surface area contributed by atoms with Crippen LogP contribution in [0.4, 0.5) is 9.18 Å². The summed E-state index contributed by atoms with van der Waals surface area (Å²) in [7, 11) is 0. The molecule has 9 nitrogen and oxygen atoms in total. The smallest absolute Gasteiger partial charge is 0.410 e. The average molecular weight is 415 g/mol. The Hall–Kier alpha value is -3.48. The van der Waals surface area contributed by atoms with E-state index in [9.17, 15) is 14.0 Å². The first-order chi connectivity index (χ1) is 14.2. The van der Waals surface area contributed by atoms with Crippen LogP contribution in [0.3, 0.4) is 0 Å². The number of carbonyl (C=O) groups excluding carboxylic acids is 2. The van der Waals surface area contributed by atoms with Crippen molar-refractivity contribution in [2.24, 2.45) is 0 Å². The Labute approximate surface area is 173 Å². The number of carbonyl (C=O) groups is 2. The first-order valence-electron chi connectivity index (χ1n) is 9.47. The van der Waals surface area contributed by atoms with Gasteiger partial charge in [0.15, 0.2) is 5.69 Å². The molecule has 1 aliphatic rings. The minimum Gasteiger partial charge on any atom is -0.457 e. The highest BCUT2D eigenvalue weighted by Gasteiger charge is 2.29. The zero-order chi connectivity index (χ0) is 21.9. The Morgan fingerprint density at radius 1 is 1.27 bits per heavy atom. The van der Waals surface area contributed by atoms with Gasteiger partial charge in [0.25, 0.3) is 0 Å². The highest BCUT2D eigenvalue weighted by Crippen LogP contribution is 2.19. The first-order valence-corrected chi connectivity index (χ1v) is 9.47. The van der Waals surface area contributed by atoms with Gasteiger partial charge in [0.05, 0.1) is 17.8 Å². The topological polar surface area (TPSA) is 110 Å². The van der Waals surface area contributed by atoms with E-state index in [0.717, 1.165) is 10.7 Å². The number of nitrogens with zero attached hydrogens (tertiary/aromatic N) is 5. The van der Waals surface area contributed by atoms with E-state index in [0.29, 0.717) is 25.9 Å². The van der Waals surface area contributed by atoms with Gasteiger partial charge in [-0.15, -0.1) is 5.10 Å². The maximum Gasteiger partial charge on any atom is 0.410 e. The molecule has 0 bridgehead atoms. The third kappa shape index (κ3) is 5.11. The minimum absolute atomic E-state index is 0.0613. The van der Waals surface area contributed by atoms with Gasteiger partial charge in [0.1, 0.15) is 23.2 Å². The van der Waals surface area contributed by atoms with Crippen LogP contribution in [0.15, 0.2) is 24.4 Å². The van der Waals surface area contributed by atoms with Gasteiger partial charge in [0.2, 0.25) is 0 Å². The van der Waals surface area contributed by atoms with Gasteiger partial charge in [0, 0.05) is 25.9 Å². The van der Waals surface area contributed by atoms with E-state index in [-0.39, 0.29) is 29.1 Å². The predicted octanol–water partition coefficient (Wildman–Crippen LogP) is 2.83. The average Bonchev–Trinajstić information content (AvgIpc) is 3.17. The van der Waals surface area contributed by atoms with Gasteiger partial charge in [-0.2, -0.15) is 5.26 Å². The molecule has 0 radical (unpaired) electrons. The molecule has 2 aromatic rings. The number of benzene rings is 1.